The molecule has 0 saturated heterocycles. The molecule has 0 spiro atoms. The van der Waals surface area contributed by atoms with E-state index in [-0.39, 0.29) is 30.4 Å². The summed E-state index contributed by atoms with van der Waals surface area (Å²) in [7, 11) is 0. The number of carbonyl (C=O) groups excluding carboxylic acids is 2. The van der Waals surface area contributed by atoms with Crippen LogP contribution in [0.4, 0.5) is 0 Å². The highest BCUT2D eigenvalue weighted by Gasteiger charge is 2.22. The van der Waals surface area contributed by atoms with E-state index in [1.165, 1.54) is 103 Å². The van der Waals surface area contributed by atoms with Gasteiger partial charge in [0.2, 0.25) is 0 Å². The van der Waals surface area contributed by atoms with Crippen molar-refractivity contribution in [1.82, 2.24) is 9.80 Å². The second-order valence-electron chi connectivity index (χ2n) is 16.9. The Morgan fingerprint density at radius 1 is 0.492 bits per heavy atom. The quantitative estimate of drug-likeness (QED) is 0.0401. The highest BCUT2D eigenvalue weighted by molar-refractivity contribution is 7.99. The summed E-state index contributed by atoms with van der Waals surface area (Å²) in [5.74, 6) is 2.21. The Balaban J connectivity index is 4.85. The van der Waals surface area contributed by atoms with Gasteiger partial charge in [0.1, 0.15) is 13.2 Å². The zero-order valence-corrected chi connectivity index (χ0v) is 40.8. The van der Waals surface area contributed by atoms with Crippen molar-refractivity contribution in [3.05, 3.63) is 0 Å². The normalized spacial score (nSPS) is 13.9. The van der Waals surface area contributed by atoms with Crippen LogP contribution in [0, 0.1) is 11.8 Å². The largest absolute Gasteiger partial charge is 0.465 e. The molecule has 0 bridgehead atoms. The first-order chi connectivity index (χ1) is 28.8. The van der Waals surface area contributed by atoms with Crippen molar-refractivity contribution in [3.8, 4) is 0 Å². The summed E-state index contributed by atoms with van der Waals surface area (Å²) in [5, 5.41) is 31.6. The first-order valence-electron chi connectivity index (χ1n) is 24.7. The van der Waals surface area contributed by atoms with Gasteiger partial charge in [0.25, 0.3) is 0 Å². The van der Waals surface area contributed by atoms with Gasteiger partial charge in [-0.1, -0.05) is 163 Å². The molecule has 11 heteroatoms. The van der Waals surface area contributed by atoms with E-state index in [4.69, 9.17) is 9.47 Å². The van der Waals surface area contributed by atoms with Gasteiger partial charge < -0.3 is 29.7 Å². The molecular formula is C48H96N2O7S2. The number of thioether (sulfide) groups is 2. The minimum Gasteiger partial charge on any atom is -0.465 e. The Kier molecular flexibility index (Phi) is 43.6. The third-order valence-electron chi connectivity index (χ3n) is 11.4. The number of hydrogen-bond acceptors (Lipinski definition) is 11. The number of hydrogen-bond donors (Lipinski definition) is 3. The predicted octanol–water partition coefficient (Wildman–Crippen LogP) is 10.6. The van der Waals surface area contributed by atoms with Crippen molar-refractivity contribution in [3.63, 3.8) is 0 Å². The van der Waals surface area contributed by atoms with Crippen LogP contribution >= 0.6 is 23.5 Å². The molecule has 0 aromatic rings. The summed E-state index contributed by atoms with van der Waals surface area (Å²) < 4.78 is 11.5. The predicted molar refractivity (Wildman–Crippen MR) is 255 cm³/mol. The van der Waals surface area contributed by atoms with Crippen LogP contribution in [-0.4, -0.2) is 131 Å². The van der Waals surface area contributed by atoms with Gasteiger partial charge >= 0.3 is 11.9 Å². The second kappa shape index (κ2) is 44.1. The van der Waals surface area contributed by atoms with Crippen LogP contribution < -0.4 is 0 Å². The average Bonchev–Trinajstić information content (AvgIpc) is 3.22. The van der Waals surface area contributed by atoms with Crippen LogP contribution in [0.1, 0.15) is 189 Å². The highest BCUT2D eigenvalue weighted by atomic mass is 32.2. The van der Waals surface area contributed by atoms with Crippen molar-refractivity contribution in [2.45, 2.75) is 201 Å². The number of unbranched alkanes of at least 4 members (excludes halogenated alkanes) is 16. The van der Waals surface area contributed by atoms with Gasteiger partial charge in [-0.05, 0) is 32.2 Å². The summed E-state index contributed by atoms with van der Waals surface area (Å²) in [5.41, 5.74) is 0. The molecule has 0 saturated carbocycles. The maximum atomic E-state index is 13.1. The molecule has 4 unspecified atom stereocenters. The number of ether oxygens (including phenoxy) is 2. The fourth-order valence-corrected chi connectivity index (χ4v) is 9.12. The summed E-state index contributed by atoms with van der Waals surface area (Å²) >= 11 is 3.20. The van der Waals surface area contributed by atoms with Crippen LogP contribution in [0.2, 0.25) is 0 Å². The third kappa shape index (κ3) is 36.6. The van der Waals surface area contributed by atoms with E-state index in [1.807, 2.05) is 0 Å². The van der Waals surface area contributed by atoms with E-state index in [2.05, 4.69) is 44.4 Å². The Labute approximate surface area is 373 Å². The van der Waals surface area contributed by atoms with Gasteiger partial charge in [-0.25, -0.2) is 0 Å². The van der Waals surface area contributed by atoms with E-state index in [0.29, 0.717) is 62.4 Å². The van der Waals surface area contributed by atoms with E-state index in [1.54, 1.807) is 23.5 Å². The third-order valence-corrected chi connectivity index (χ3v) is 13.5. The van der Waals surface area contributed by atoms with Gasteiger partial charge in [0.05, 0.1) is 30.7 Å². The topological polar surface area (TPSA) is 120 Å². The zero-order chi connectivity index (χ0) is 43.6. The fourth-order valence-electron chi connectivity index (χ4n) is 7.62. The minimum absolute atomic E-state index is 0.00696. The fraction of sp³-hybridized carbons (Fsp3) is 0.958. The van der Waals surface area contributed by atoms with E-state index >= 15 is 0 Å². The van der Waals surface area contributed by atoms with Crippen LogP contribution in [0.15, 0.2) is 0 Å². The lowest BCUT2D eigenvalue weighted by atomic mass is 9.94. The smallest absolute Gasteiger partial charge is 0.308 e. The molecule has 0 amide bonds. The Morgan fingerprint density at radius 2 is 0.831 bits per heavy atom. The summed E-state index contributed by atoms with van der Waals surface area (Å²) in [4.78, 5) is 30.4. The van der Waals surface area contributed by atoms with Gasteiger partial charge in [0, 0.05) is 55.7 Å². The summed E-state index contributed by atoms with van der Waals surface area (Å²) in [6.07, 6.45) is 26.5. The van der Waals surface area contributed by atoms with Gasteiger partial charge in [-0.2, -0.15) is 23.5 Å². The first kappa shape index (κ1) is 58.4. The molecule has 0 radical (unpaired) electrons. The lowest BCUT2D eigenvalue weighted by molar-refractivity contribution is -0.149. The van der Waals surface area contributed by atoms with E-state index in [9.17, 15) is 24.9 Å². The van der Waals surface area contributed by atoms with Crippen molar-refractivity contribution < 1.29 is 34.4 Å². The van der Waals surface area contributed by atoms with Crippen LogP contribution in [0.25, 0.3) is 0 Å². The number of likely N-dealkylation sites (N-methyl/N-ethyl adjacent to an activating group) is 1. The molecule has 0 aliphatic rings. The molecule has 0 heterocycles. The maximum Gasteiger partial charge on any atom is 0.308 e. The maximum absolute atomic E-state index is 13.1. The number of nitrogens with zero attached hydrogens (tertiary/aromatic N) is 2. The van der Waals surface area contributed by atoms with Crippen LogP contribution in [0.5, 0.6) is 0 Å². The molecule has 0 aliphatic carbocycles. The lowest BCUT2D eigenvalue weighted by Crippen LogP contribution is -2.44. The number of aliphatic hydroxyl groups excluding tert-OH is 3. The molecule has 4 atom stereocenters. The molecule has 0 aromatic heterocycles. The molecule has 0 aromatic carbocycles. The monoisotopic (exact) mass is 877 g/mol. The summed E-state index contributed by atoms with van der Waals surface area (Å²) in [6, 6.07) is 0. The average molecular weight is 877 g/mol. The van der Waals surface area contributed by atoms with Crippen molar-refractivity contribution >= 4 is 35.5 Å². The number of rotatable bonds is 46. The van der Waals surface area contributed by atoms with E-state index < -0.39 is 12.2 Å². The van der Waals surface area contributed by atoms with Crippen LogP contribution in [-0.2, 0) is 19.1 Å². The summed E-state index contributed by atoms with van der Waals surface area (Å²) in [6.45, 7) is 15.5. The van der Waals surface area contributed by atoms with Crippen LogP contribution in [0.3, 0.4) is 0 Å². The molecular weight excluding hydrogens is 781 g/mol. The molecule has 3 N–H and O–H groups in total. The lowest BCUT2D eigenvalue weighted by Gasteiger charge is -2.30. The molecule has 352 valence electrons. The first-order valence-corrected chi connectivity index (χ1v) is 27.0. The highest BCUT2D eigenvalue weighted by Crippen LogP contribution is 2.22. The molecule has 9 nitrogen and oxygen atoms in total. The second-order valence-corrected chi connectivity index (χ2v) is 19.2. The molecule has 0 rings (SSSR count). The standard InChI is InChI=1S/C48H96N2O7S2/c1-6-11-15-19-21-25-29-43(27-23-17-13-8-3)47(54)56-35-37-58-41-45(52)39-50(32-31-49(10-5)33-34-51)40-46(53)42-59-38-36-57-48(55)44(28-24-18-14-9-4)30-26-22-20-16-12-7-2/h43-46,51-53H,6-42H2,1-5H3. The number of aliphatic hydroxyl groups is 3. The molecule has 0 aliphatic heterocycles. The van der Waals surface area contributed by atoms with Gasteiger partial charge in [0.15, 0.2) is 0 Å². The van der Waals surface area contributed by atoms with Crippen molar-refractivity contribution in [1.29, 1.82) is 0 Å². The molecule has 59 heavy (non-hydrogen) atoms. The Hall–Kier alpha value is -0.560. The Morgan fingerprint density at radius 3 is 1.19 bits per heavy atom. The number of carbonyl (C=O) groups is 2. The zero-order valence-electron chi connectivity index (χ0n) is 39.2. The Bertz CT molecular complexity index is 859. The van der Waals surface area contributed by atoms with Crippen molar-refractivity contribution in [2.75, 3.05) is 82.1 Å². The number of esters is 2. The van der Waals surface area contributed by atoms with Crippen molar-refractivity contribution in [2.24, 2.45) is 11.8 Å². The SMILES string of the molecule is CCCCCCCCC(CCCCCC)C(=O)OCCSCC(O)CN(CCN(CC)CCO)CC(O)CSCCOC(=O)C(CCCCCC)CCCCCCCC. The van der Waals surface area contributed by atoms with E-state index in [0.717, 1.165) is 64.5 Å². The molecule has 0 fully saturated rings. The van der Waals surface area contributed by atoms with Gasteiger partial charge in [-0.15, -0.1) is 0 Å². The van der Waals surface area contributed by atoms with Gasteiger partial charge in [-0.3, -0.25) is 14.5 Å². The minimum atomic E-state index is -0.590.